The van der Waals surface area contributed by atoms with Gasteiger partial charge in [-0.15, -0.1) is 0 Å². The number of methoxy groups -OCH3 is 1. The molecule has 1 fully saturated rings. The van der Waals surface area contributed by atoms with Crippen LogP contribution < -0.4 is 4.74 Å². The number of rotatable bonds is 5. The summed E-state index contributed by atoms with van der Waals surface area (Å²) in [7, 11) is 1.68. The van der Waals surface area contributed by atoms with E-state index in [1.807, 2.05) is 42.2 Å². The molecule has 0 aliphatic carbocycles. The monoisotopic (exact) mass is 341 g/mol. The van der Waals surface area contributed by atoms with E-state index in [1.165, 1.54) is 6.33 Å². The molecule has 3 rings (SSSR count). The molecule has 1 aliphatic heterocycles. The second-order valence-electron chi connectivity index (χ2n) is 6.34. The molecule has 0 saturated carbocycles. The van der Waals surface area contributed by atoms with E-state index in [0.717, 1.165) is 18.6 Å². The average molecular weight is 341 g/mol. The van der Waals surface area contributed by atoms with Crippen LogP contribution in [0.5, 0.6) is 5.75 Å². The summed E-state index contributed by atoms with van der Waals surface area (Å²) in [6, 6.07) is 9.65. The lowest BCUT2D eigenvalue weighted by Gasteiger charge is -2.41. The van der Waals surface area contributed by atoms with Crippen LogP contribution in [-0.4, -0.2) is 53.2 Å². The Morgan fingerprint density at radius 1 is 1.32 bits per heavy atom. The lowest BCUT2D eigenvalue weighted by Crippen LogP contribution is -2.54. The van der Waals surface area contributed by atoms with Crippen LogP contribution in [0.3, 0.4) is 0 Å². The van der Waals surface area contributed by atoms with E-state index in [1.54, 1.807) is 13.3 Å². The Morgan fingerprint density at radius 3 is 2.84 bits per heavy atom. The van der Waals surface area contributed by atoms with E-state index in [4.69, 9.17) is 9.47 Å². The van der Waals surface area contributed by atoms with Crippen molar-refractivity contribution in [1.82, 2.24) is 14.9 Å². The zero-order valence-electron chi connectivity index (χ0n) is 14.6. The molecule has 0 radical (unpaired) electrons. The van der Waals surface area contributed by atoms with Crippen molar-refractivity contribution in [3.63, 3.8) is 0 Å². The Labute approximate surface area is 147 Å². The quantitative estimate of drug-likeness (QED) is 0.836. The molecule has 2 aromatic rings. The molecule has 0 spiro atoms. The Hall–Kier alpha value is -2.47. The van der Waals surface area contributed by atoms with Crippen LogP contribution in [0, 0.1) is 6.92 Å². The highest BCUT2D eigenvalue weighted by atomic mass is 16.5. The molecule has 1 aromatic carbocycles. The molecule has 1 amide bonds. The highest BCUT2D eigenvalue weighted by Gasteiger charge is 2.38. The fourth-order valence-electron chi connectivity index (χ4n) is 3.12. The second-order valence-corrected chi connectivity index (χ2v) is 6.34. The zero-order chi connectivity index (χ0) is 17.7. The third-order valence-electron chi connectivity index (χ3n) is 4.65. The topological polar surface area (TPSA) is 64.6 Å². The van der Waals surface area contributed by atoms with Crippen molar-refractivity contribution in [2.45, 2.75) is 25.4 Å². The van der Waals surface area contributed by atoms with E-state index in [9.17, 15) is 4.79 Å². The van der Waals surface area contributed by atoms with E-state index in [0.29, 0.717) is 31.0 Å². The van der Waals surface area contributed by atoms with Gasteiger partial charge in [-0.3, -0.25) is 4.79 Å². The van der Waals surface area contributed by atoms with E-state index < -0.39 is 5.60 Å². The van der Waals surface area contributed by atoms with Gasteiger partial charge in [-0.1, -0.05) is 18.2 Å². The first kappa shape index (κ1) is 17.4. The highest BCUT2D eigenvalue weighted by Crippen LogP contribution is 2.27. The van der Waals surface area contributed by atoms with Gasteiger partial charge in [-0.2, -0.15) is 0 Å². The third kappa shape index (κ3) is 3.96. The first-order chi connectivity index (χ1) is 12.1. The number of para-hydroxylation sites is 1. The largest absolute Gasteiger partial charge is 0.491 e. The Kier molecular flexibility index (Phi) is 5.28. The number of carbonyl (C=O) groups excluding carboxylic acids is 1. The van der Waals surface area contributed by atoms with E-state index in [-0.39, 0.29) is 5.91 Å². The predicted octanol–water partition coefficient (Wildman–Crippen LogP) is 2.49. The molecule has 6 heteroatoms. The number of nitrogens with zero attached hydrogens (tertiary/aromatic N) is 3. The fourth-order valence-corrected chi connectivity index (χ4v) is 3.12. The molecule has 1 aliphatic rings. The molecule has 6 nitrogen and oxygen atoms in total. The van der Waals surface area contributed by atoms with Crippen molar-refractivity contribution in [3.05, 3.63) is 54.1 Å². The number of aromatic nitrogens is 2. The van der Waals surface area contributed by atoms with Crippen LogP contribution in [0.2, 0.25) is 0 Å². The summed E-state index contributed by atoms with van der Waals surface area (Å²) in [6.07, 6.45) is 4.75. The van der Waals surface area contributed by atoms with Gasteiger partial charge in [-0.05, 0) is 31.9 Å². The van der Waals surface area contributed by atoms with E-state index in [2.05, 4.69) is 9.97 Å². The first-order valence-corrected chi connectivity index (χ1v) is 8.42. The summed E-state index contributed by atoms with van der Waals surface area (Å²) in [5, 5.41) is 0. The third-order valence-corrected chi connectivity index (χ3v) is 4.65. The number of carbonyl (C=O) groups is 1. The van der Waals surface area contributed by atoms with Gasteiger partial charge in [0, 0.05) is 19.9 Å². The molecule has 25 heavy (non-hydrogen) atoms. The van der Waals surface area contributed by atoms with Crippen molar-refractivity contribution >= 4 is 5.91 Å². The van der Waals surface area contributed by atoms with Gasteiger partial charge in [0.05, 0.1) is 17.8 Å². The molecule has 132 valence electrons. The Balaban J connectivity index is 1.71. The van der Waals surface area contributed by atoms with Gasteiger partial charge in [0.1, 0.15) is 24.3 Å². The normalized spacial score (nSPS) is 20.3. The molecule has 1 atom stereocenters. The van der Waals surface area contributed by atoms with Crippen LogP contribution in [0.4, 0.5) is 0 Å². The lowest BCUT2D eigenvalue weighted by atomic mass is 9.92. The SMILES string of the molecule is COC1(COc2ccccc2)CCCN(C(=O)c2cncnc2C)C1. The zero-order valence-corrected chi connectivity index (χ0v) is 14.6. The summed E-state index contributed by atoms with van der Waals surface area (Å²) >= 11 is 0. The van der Waals surface area contributed by atoms with Crippen LogP contribution in [-0.2, 0) is 4.74 Å². The van der Waals surface area contributed by atoms with Gasteiger partial charge >= 0.3 is 0 Å². The smallest absolute Gasteiger partial charge is 0.257 e. The maximum absolute atomic E-state index is 12.8. The van der Waals surface area contributed by atoms with Crippen molar-refractivity contribution in [1.29, 1.82) is 0 Å². The summed E-state index contributed by atoms with van der Waals surface area (Å²) in [6.45, 7) is 3.41. The minimum Gasteiger partial charge on any atom is -0.491 e. The van der Waals surface area contributed by atoms with Crippen molar-refractivity contribution in [3.8, 4) is 5.75 Å². The summed E-state index contributed by atoms with van der Waals surface area (Å²) in [5.74, 6) is 0.744. The molecular formula is C19H23N3O3. The lowest BCUT2D eigenvalue weighted by molar-refractivity contribution is -0.0825. The van der Waals surface area contributed by atoms with Gasteiger partial charge in [-0.25, -0.2) is 9.97 Å². The standard InChI is InChI=1S/C19H23N3O3/c1-15-17(11-20-14-21-15)18(23)22-10-6-9-19(12-22,24-2)13-25-16-7-4-3-5-8-16/h3-5,7-8,11,14H,6,9-10,12-13H2,1-2H3. The molecule has 1 unspecified atom stereocenters. The number of likely N-dealkylation sites (tertiary alicyclic amines) is 1. The fraction of sp³-hybridized carbons (Fsp3) is 0.421. The maximum atomic E-state index is 12.8. The number of benzene rings is 1. The number of piperidine rings is 1. The molecule has 0 N–H and O–H groups in total. The van der Waals surface area contributed by atoms with Crippen LogP contribution in [0.1, 0.15) is 28.9 Å². The minimum absolute atomic E-state index is 0.0565. The number of aryl methyl sites for hydroxylation is 1. The maximum Gasteiger partial charge on any atom is 0.257 e. The van der Waals surface area contributed by atoms with Crippen LogP contribution in [0.15, 0.2) is 42.9 Å². The molecule has 0 bridgehead atoms. The summed E-state index contributed by atoms with van der Waals surface area (Å²) < 4.78 is 11.7. The average Bonchev–Trinajstić information content (AvgIpc) is 2.67. The minimum atomic E-state index is -0.507. The molecule has 2 heterocycles. The van der Waals surface area contributed by atoms with Gasteiger partial charge in [0.25, 0.3) is 5.91 Å². The number of amides is 1. The predicted molar refractivity (Wildman–Crippen MR) is 93.6 cm³/mol. The van der Waals surface area contributed by atoms with Crippen LogP contribution in [0.25, 0.3) is 0 Å². The van der Waals surface area contributed by atoms with E-state index >= 15 is 0 Å². The summed E-state index contributed by atoms with van der Waals surface area (Å²) in [4.78, 5) is 22.8. The van der Waals surface area contributed by atoms with Gasteiger partial charge < -0.3 is 14.4 Å². The van der Waals surface area contributed by atoms with Gasteiger partial charge in [0.2, 0.25) is 0 Å². The number of hydrogen-bond acceptors (Lipinski definition) is 5. The van der Waals surface area contributed by atoms with Crippen molar-refractivity contribution in [2.24, 2.45) is 0 Å². The highest BCUT2D eigenvalue weighted by molar-refractivity contribution is 5.95. The van der Waals surface area contributed by atoms with Gasteiger partial charge in [0.15, 0.2) is 0 Å². The number of ether oxygens (including phenoxy) is 2. The molecule has 1 aromatic heterocycles. The Morgan fingerprint density at radius 2 is 2.12 bits per heavy atom. The van der Waals surface area contributed by atoms with Crippen molar-refractivity contribution in [2.75, 3.05) is 26.8 Å². The Bertz CT molecular complexity index is 723. The molecular weight excluding hydrogens is 318 g/mol. The number of hydrogen-bond donors (Lipinski definition) is 0. The summed E-state index contributed by atoms with van der Waals surface area (Å²) in [5.41, 5.74) is 0.723. The van der Waals surface area contributed by atoms with Crippen molar-refractivity contribution < 1.29 is 14.3 Å². The molecule has 1 saturated heterocycles. The first-order valence-electron chi connectivity index (χ1n) is 8.42. The second kappa shape index (κ2) is 7.61. The van der Waals surface area contributed by atoms with Crippen LogP contribution >= 0.6 is 0 Å².